The number of nitrogens with zero attached hydrogens (tertiary/aromatic N) is 6. The fourth-order valence-corrected chi connectivity index (χ4v) is 6.72. The van der Waals surface area contributed by atoms with E-state index in [4.69, 9.17) is 9.82 Å². The highest BCUT2D eigenvalue weighted by Crippen LogP contribution is 2.36. The van der Waals surface area contributed by atoms with Gasteiger partial charge in [-0.05, 0) is 25.1 Å². The molecule has 0 bridgehead atoms. The van der Waals surface area contributed by atoms with E-state index >= 15 is 0 Å². The summed E-state index contributed by atoms with van der Waals surface area (Å²) in [7, 11) is -8.86. The van der Waals surface area contributed by atoms with Gasteiger partial charge in [-0.2, -0.15) is 0 Å². The molecule has 0 spiro atoms. The maximum Gasteiger partial charge on any atom is 0.347 e. The van der Waals surface area contributed by atoms with Crippen molar-refractivity contribution in [3.05, 3.63) is 53.7 Å². The molecule has 2 aromatic heterocycles. The Hall–Kier alpha value is -2.88. The fraction of sp³-hybridized carbons (Fsp3) is 0.481. The molecule has 0 unspecified atom stereocenters. The van der Waals surface area contributed by atoms with Gasteiger partial charge in [0.25, 0.3) is 0 Å². The maximum atomic E-state index is 12.7. The van der Waals surface area contributed by atoms with Gasteiger partial charge in [-0.1, -0.05) is 17.7 Å². The zero-order valence-electron chi connectivity index (χ0n) is 24.9. The van der Waals surface area contributed by atoms with Crippen LogP contribution in [0.15, 0.2) is 42.5 Å². The Kier molecular flexibility index (Phi) is 11.8. The molecule has 1 aliphatic heterocycles. The van der Waals surface area contributed by atoms with Gasteiger partial charge >= 0.3 is 21.2 Å². The Morgan fingerprint density at radius 2 is 1.27 bits per heavy atom. The molecule has 0 radical (unpaired) electrons. The van der Waals surface area contributed by atoms with E-state index in [-0.39, 0.29) is 45.8 Å². The second kappa shape index (κ2) is 15.1. The first kappa shape index (κ1) is 35.0. The lowest BCUT2D eigenvalue weighted by atomic mass is 10.1. The van der Waals surface area contributed by atoms with Crippen LogP contribution in [0.5, 0.6) is 11.8 Å². The molecule has 0 saturated carbocycles. The van der Waals surface area contributed by atoms with Crippen molar-refractivity contribution in [1.29, 1.82) is 0 Å². The normalized spacial score (nSPS) is 17.6. The first-order valence-electron chi connectivity index (χ1n) is 14.3. The largest absolute Gasteiger partial charge is 0.492 e. The van der Waals surface area contributed by atoms with Crippen molar-refractivity contribution in [2.45, 2.75) is 13.5 Å². The number of aromatic nitrogens is 2. The maximum absolute atomic E-state index is 12.7. The summed E-state index contributed by atoms with van der Waals surface area (Å²) < 4.78 is 24.5. The summed E-state index contributed by atoms with van der Waals surface area (Å²) in [5, 5.41) is 20.6. The second-order valence-corrected chi connectivity index (χ2v) is 14.4. The van der Waals surface area contributed by atoms with Gasteiger partial charge in [0, 0.05) is 76.4 Å². The van der Waals surface area contributed by atoms with E-state index in [0.29, 0.717) is 24.4 Å². The number of carbonyl (C=O) groups is 1. The molecule has 16 nitrogen and oxygen atoms in total. The van der Waals surface area contributed by atoms with E-state index in [2.05, 4.69) is 0 Å². The van der Waals surface area contributed by atoms with Gasteiger partial charge in [-0.3, -0.25) is 33.7 Å². The molecule has 6 N–H and O–H groups in total. The van der Waals surface area contributed by atoms with Crippen LogP contribution in [0.2, 0.25) is 0 Å². The molecular weight excluding hydrogens is 630 g/mol. The third kappa shape index (κ3) is 11.5. The quantitative estimate of drug-likeness (QED) is 0.170. The molecular formula is C27H40N6O10P2. The number of hydrogen-bond donors (Lipinski definition) is 6. The minimum Gasteiger partial charge on any atom is -0.492 e. The SMILES string of the molecule is Cc1ccc2nc(CN3CCN(CP(=O)(O)O)CCN(CC(=O)On4c(O)ccc4O)CCN(CP(=O)(O)O)CC3)ccc2c1. The van der Waals surface area contributed by atoms with Crippen LogP contribution in [0.1, 0.15) is 11.3 Å². The van der Waals surface area contributed by atoms with Crippen molar-refractivity contribution in [2.24, 2.45) is 0 Å². The summed E-state index contributed by atoms with van der Waals surface area (Å²) in [6.45, 7) is 4.02. The molecule has 4 rings (SSSR count). The molecule has 0 aliphatic carbocycles. The summed E-state index contributed by atoms with van der Waals surface area (Å²) in [4.78, 5) is 68.4. The molecule has 248 valence electrons. The molecule has 1 aliphatic rings. The van der Waals surface area contributed by atoms with Crippen LogP contribution in [0.4, 0.5) is 0 Å². The fourth-order valence-electron chi connectivity index (χ4n) is 5.11. The number of rotatable bonds is 9. The van der Waals surface area contributed by atoms with E-state index in [1.54, 1.807) is 14.7 Å². The van der Waals surface area contributed by atoms with Gasteiger partial charge in [0.15, 0.2) is 0 Å². The van der Waals surface area contributed by atoms with E-state index < -0.39 is 45.5 Å². The highest BCUT2D eigenvalue weighted by atomic mass is 31.2. The van der Waals surface area contributed by atoms with Crippen LogP contribution in [0, 0.1) is 6.92 Å². The van der Waals surface area contributed by atoms with E-state index in [9.17, 15) is 43.7 Å². The second-order valence-electron chi connectivity index (χ2n) is 11.2. The molecule has 45 heavy (non-hydrogen) atoms. The first-order valence-corrected chi connectivity index (χ1v) is 17.9. The Morgan fingerprint density at radius 1 is 0.756 bits per heavy atom. The number of carbonyl (C=O) groups excluding carboxylic acids is 1. The lowest BCUT2D eigenvalue weighted by molar-refractivity contribution is -0.146. The van der Waals surface area contributed by atoms with E-state index in [0.717, 1.165) is 34.3 Å². The van der Waals surface area contributed by atoms with Crippen LogP contribution in [0.3, 0.4) is 0 Å². The lowest BCUT2D eigenvalue weighted by Gasteiger charge is -2.34. The third-order valence-corrected chi connectivity index (χ3v) is 8.87. The van der Waals surface area contributed by atoms with Gasteiger partial charge in [-0.25, -0.2) is 4.79 Å². The Balaban J connectivity index is 1.52. The minimum atomic E-state index is -4.43. The minimum absolute atomic E-state index is 0.161. The average Bonchev–Trinajstić information content (AvgIpc) is 3.25. The average molecular weight is 671 g/mol. The highest BCUT2D eigenvalue weighted by molar-refractivity contribution is 7.51. The molecule has 3 heterocycles. The van der Waals surface area contributed by atoms with Crippen molar-refractivity contribution >= 4 is 32.1 Å². The predicted molar refractivity (Wildman–Crippen MR) is 165 cm³/mol. The van der Waals surface area contributed by atoms with Gasteiger partial charge in [0.2, 0.25) is 11.8 Å². The zero-order valence-corrected chi connectivity index (χ0v) is 26.7. The molecule has 3 aromatic rings. The molecule has 0 atom stereocenters. The predicted octanol–water partition coefficient (Wildman–Crippen LogP) is 0.403. The van der Waals surface area contributed by atoms with Crippen LogP contribution in [-0.2, 0) is 20.5 Å². The highest BCUT2D eigenvalue weighted by Gasteiger charge is 2.26. The zero-order chi connectivity index (χ0) is 32.8. The monoisotopic (exact) mass is 670 g/mol. The van der Waals surface area contributed by atoms with Crippen molar-refractivity contribution in [3.63, 3.8) is 0 Å². The van der Waals surface area contributed by atoms with Crippen molar-refractivity contribution in [3.8, 4) is 11.8 Å². The van der Waals surface area contributed by atoms with E-state index in [1.165, 1.54) is 0 Å². The standard InChI is InChI=1S/C27H40N6O10P2/c1-21-2-5-24-22(16-21)3-4-23(28-24)17-29-8-12-31(19-44(37,38)39)14-10-30(11-15-32(13-9-29)20-45(40,41)42)18-27(36)43-33-25(34)6-7-26(33)35/h2-7,16,34-35H,8-15,17-20H2,1H3,(H2,37,38,39)(H2,40,41,42). The Morgan fingerprint density at radius 3 is 1.80 bits per heavy atom. The van der Waals surface area contributed by atoms with Crippen LogP contribution < -0.4 is 4.84 Å². The van der Waals surface area contributed by atoms with E-state index in [1.807, 2.05) is 42.2 Å². The molecule has 18 heteroatoms. The van der Waals surface area contributed by atoms with Gasteiger partial charge in [0.1, 0.15) is 12.6 Å². The topological polar surface area (TPSA) is 213 Å². The summed E-state index contributed by atoms with van der Waals surface area (Å²) in [6.07, 6.45) is -0.996. The van der Waals surface area contributed by atoms with Crippen molar-refractivity contribution in [2.75, 3.05) is 71.5 Å². The summed E-state index contributed by atoms with van der Waals surface area (Å²) >= 11 is 0. The number of fused-ring (bicyclic) bond motifs is 1. The van der Waals surface area contributed by atoms with Gasteiger partial charge < -0.3 is 34.6 Å². The van der Waals surface area contributed by atoms with Crippen LogP contribution in [-0.4, -0.2) is 137 Å². The summed E-state index contributed by atoms with van der Waals surface area (Å²) in [5.41, 5.74) is 2.73. The van der Waals surface area contributed by atoms with Crippen molar-refractivity contribution in [1.82, 2.24) is 29.3 Å². The molecule has 1 saturated heterocycles. The summed E-state index contributed by atoms with van der Waals surface area (Å²) in [5.74, 6) is -1.82. The molecule has 0 amide bonds. The van der Waals surface area contributed by atoms with Crippen LogP contribution >= 0.6 is 15.2 Å². The number of hydrogen-bond acceptors (Lipinski definition) is 11. The third-order valence-electron chi connectivity index (χ3n) is 7.33. The van der Waals surface area contributed by atoms with Crippen LogP contribution in [0.25, 0.3) is 10.9 Å². The van der Waals surface area contributed by atoms with Gasteiger partial charge in [-0.15, -0.1) is 4.73 Å². The number of aromatic hydroxyl groups is 2. The lowest BCUT2D eigenvalue weighted by Crippen LogP contribution is -2.47. The summed E-state index contributed by atoms with van der Waals surface area (Å²) in [6, 6.07) is 12.1. The number of pyridine rings is 1. The Bertz CT molecular complexity index is 1500. The molecule has 1 fully saturated rings. The van der Waals surface area contributed by atoms with Gasteiger partial charge in [0.05, 0.1) is 17.8 Å². The van der Waals surface area contributed by atoms with Crippen molar-refractivity contribution < 1.29 is 48.5 Å². The number of aryl methyl sites for hydroxylation is 1. The smallest absolute Gasteiger partial charge is 0.347 e. The number of benzene rings is 1. The molecule has 1 aromatic carbocycles. The Labute approximate surface area is 260 Å². The first-order chi connectivity index (χ1) is 21.1.